The lowest BCUT2D eigenvalue weighted by molar-refractivity contribution is -0.301. The van der Waals surface area contributed by atoms with Crippen molar-refractivity contribution in [3.8, 4) is 0 Å². The number of aliphatic hydroxyl groups is 2. The number of aliphatic hydroxyl groups excluding tert-OH is 2. The van der Waals surface area contributed by atoms with Gasteiger partial charge >= 0.3 is 23.9 Å². The molecule has 0 aromatic heterocycles. The van der Waals surface area contributed by atoms with Gasteiger partial charge in [-0.05, 0) is 116 Å². The van der Waals surface area contributed by atoms with E-state index in [1.807, 2.05) is 30.4 Å². The smallest absolute Gasteiger partial charge is 0.335 e. The predicted octanol–water partition coefficient (Wildman–Crippen LogP) is 13.2. The molecule has 73 heavy (non-hydrogen) atoms. The van der Waals surface area contributed by atoms with Gasteiger partial charge in [-0.3, -0.25) is 14.4 Å². The van der Waals surface area contributed by atoms with Gasteiger partial charge in [0.25, 0.3) is 0 Å². The Kier molecular flexibility index (Phi) is 42.8. The minimum Gasteiger partial charge on any atom is -0.479 e. The first kappa shape index (κ1) is 65.6. The monoisotopic (exact) mass is 1010 g/mol. The number of rotatable bonds is 42. The third kappa shape index (κ3) is 37.9. The Morgan fingerprint density at radius 2 is 0.863 bits per heavy atom. The summed E-state index contributed by atoms with van der Waals surface area (Å²) >= 11 is 0. The molecule has 0 aliphatic carbocycles. The highest BCUT2D eigenvalue weighted by molar-refractivity contribution is 5.74. The van der Waals surface area contributed by atoms with Crippen LogP contribution >= 0.6 is 0 Å². The second-order valence-electron chi connectivity index (χ2n) is 17.4. The number of hydrogen-bond acceptors (Lipinski definition) is 11. The number of esters is 3. The Morgan fingerprint density at radius 3 is 1.32 bits per heavy atom. The van der Waals surface area contributed by atoms with Crippen LogP contribution in [0.5, 0.6) is 0 Å². The molecule has 1 rings (SSSR count). The first-order valence-corrected chi connectivity index (χ1v) is 26.8. The Labute approximate surface area is 438 Å². The van der Waals surface area contributed by atoms with Crippen molar-refractivity contribution in [1.82, 2.24) is 0 Å². The molecule has 1 fully saturated rings. The molecule has 0 amide bonds. The van der Waals surface area contributed by atoms with Gasteiger partial charge in [-0.25, -0.2) is 4.79 Å². The molecule has 0 spiro atoms. The zero-order chi connectivity index (χ0) is 53.3. The lowest BCUT2D eigenvalue weighted by Gasteiger charge is -2.40. The van der Waals surface area contributed by atoms with Crippen molar-refractivity contribution in [2.24, 2.45) is 0 Å². The summed E-state index contributed by atoms with van der Waals surface area (Å²) in [4.78, 5) is 50.9. The molecule has 1 aliphatic rings. The van der Waals surface area contributed by atoms with Crippen LogP contribution in [0.1, 0.15) is 162 Å². The molecule has 1 heterocycles. The van der Waals surface area contributed by atoms with Crippen molar-refractivity contribution in [2.45, 2.75) is 199 Å². The lowest BCUT2D eigenvalue weighted by Crippen LogP contribution is -2.61. The van der Waals surface area contributed by atoms with E-state index in [9.17, 15) is 34.5 Å². The molecule has 12 nitrogen and oxygen atoms in total. The summed E-state index contributed by atoms with van der Waals surface area (Å²) < 4.78 is 28.1. The molecular weight excluding hydrogens is 925 g/mol. The van der Waals surface area contributed by atoms with Crippen LogP contribution in [-0.4, -0.2) is 89.2 Å². The van der Waals surface area contributed by atoms with Crippen molar-refractivity contribution in [1.29, 1.82) is 0 Å². The van der Waals surface area contributed by atoms with Gasteiger partial charge in [0, 0.05) is 19.3 Å². The molecular formula is C61H90O12. The number of carboxylic acids is 1. The van der Waals surface area contributed by atoms with E-state index in [1.165, 1.54) is 0 Å². The Bertz CT molecular complexity index is 1830. The molecule has 6 atom stereocenters. The van der Waals surface area contributed by atoms with Crippen molar-refractivity contribution >= 4 is 23.9 Å². The van der Waals surface area contributed by atoms with Crippen molar-refractivity contribution < 1.29 is 58.2 Å². The number of allylic oxidation sites excluding steroid dienone is 24. The van der Waals surface area contributed by atoms with Crippen molar-refractivity contribution in [3.05, 3.63) is 146 Å². The van der Waals surface area contributed by atoms with Gasteiger partial charge in [-0.15, -0.1) is 0 Å². The summed E-state index contributed by atoms with van der Waals surface area (Å²) in [5, 5.41) is 31.4. The zero-order valence-corrected chi connectivity index (χ0v) is 44.3. The second kappa shape index (κ2) is 47.6. The number of unbranched alkanes of at least 4 members (excludes halogenated alkanes) is 4. The number of carboxylic acid groups (broad SMARTS) is 1. The maximum atomic E-state index is 13.1. The maximum Gasteiger partial charge on any atom is 0.335 e. The van der Waals surface area contributed by atoms with E-state index in [0.29, 0.717) is 32.1 Å². The van der Waals surface area contributed by atoms with E-state index in [2.05, 4.69) is 136 Å². The highest BCUT2D eigenvalue weighted by Crippen LogP contribution is 2.26. The van der Waals surface area contributed by atoms with Crippen LogP contribution in [-0.2, 0) is 42.9 Å². The maximum absolute atomic E-state index is 13.1. The second-order valence-corrected chi connectivity index (χ2v) is 17.4. The Morgan fingerprint density at radius 1 is 0.452 bits per heavy atom. The van der Waals surface area contributed by atoms with Crippen molar-refractivity contribution in [3.63, 3.8) is 0 Å². The zero-order valence-electron chi connectivity index (χ0n) is 44.3. The molecule has 3 N–H and O–H groups in total. The molecule has 6 unspecified atom stereocenters. The highest BCUT2D eigenvalue weighted by Gasteiger charge is 2.50. The first-order chi connectivity index (χ1) is 35.6. The fourth-order valence-corrected chi connectivity index (χ4v) is 6.90. The van der Waals surface area contributed by atoms with Gasteiger partial charge in [0.2, 0.25) is 0 Å². The summed E-state index contributed by atoms with van der Waals surface area (Å²) in [5.41, 5.74) is 0. The van der Waals surface area contributed by atoms with E-state index in [0.717, 1.165) is 89.9 Å². The molecule has 1 aliphatic heterocycles. The molecule has 0 saturated carbocycles. The first-order valence-electron chi connectivity index (χ1n) is 26.8. The third-order valence-corrected chi connectivity index (χ3v) is 10.9. The minimum atomic E-state index is -1.94. The van der Waals surface area contributed by atoms with Gasteiger partial charge in [0.1, 0.15) is 18.8 Å². The number of carbonyl (C=O) groups is 4. The normalized spacial score (nSPS) is 19.5. The summed E-state index contributed by atoms with van der Waals surface area (Å²) in [5.74, 6) is -3.38. The molecule has 0 aromatic carbocycles. The average Bonchev–Trinajstić information content (AvgIpc) is 3.37. The van der Waals surface area contributed by atoms with Crippen LogP contribution in [0.15, 0.2) is 146 Å². The summed E-state index contributed by atoms with van der Waals surface area (Å²) in [6, 6.07) is 0. The lowest BCUT2D eigenvalue weighted by atomic mass is 9.98. The van der Waals surface area contributed by atoms with Crippen LogP contribution in [0, 0.1) is 0 Å². The highest BCUT2D eigenvalue weighted by atomic mass is 16.7. The van der Waals surface area contributed by atoms with Gasteiger partial charge in [-0.2, -0.15) is 0 Å². The largest absolute Gasteiger partial charge is 0.479 e. The number of carbonyl (C=O) groups excluding carboxylic acids is 3. The Balaban J connectivity index is 2.83. The summed E-state index contributed by atoms with van der Waals surface area (Å²) in [7, 11) is 0. The van der Waals surface area contributed by atoms with Gasteiger partial charge in [-0.1, -0.05) is 173 Å². The predicted molar refractivity (Wildman–Crippen MR) is 293 cm³/mol. The van der Waals surface area contributed by atoms with Crippen LogP contribution in [0.3, 0.4) is 0 Å². The van der Waals surface area contributed by atoms with E-state index in [4.69, 9.17) is 23.7 Å². The minimum absolute atomic E-state index is 0.00265. The quantitative estimate of drug-likeness (QED) is 0.0229. The number of hydrogen-bond donors (Lipinski definition) is 3. The molecule has 0 aromatic rings. The van der Waals surface area contributed by atoms with Gasteiger partial charge in [0.15, 0.2) is 24.6 Å². The Hall–Kier alpha value is -5.40. The molecule has 0 bridgehead atoms. The van der Waals surface area contributed by atoms with E-state index < -0.39 is 67.3 Å². The SMILES string of the molecule is CC/C=C\C/C=C\C/C=C\C/C=C\C/C=C\CCCC(=O)OCC(COC1OC(C(=O)O)C(O)C(O)C1OC(=O)CCCCC/C=C\C/C=C\C/C=C\CC)OC(=O)CC/C=C\C/C=C\C/C=C\C/C=C\CC. The standard InChI is InChI=1S/C61H90O12/c1-4-7-10-13-16-19-22-25-26-27-28-31-32-35-38-41-44-47-53(62)69-50-52(71-54(63)48-45-42-39-36-33-29-23-20-17-14-11-8-5-2)51-70-61-59(57(66)56(65)58(73-61)60(67)68)72-55(64)49-46-43-40-37-34-30-24-21-18-15-12-9-6-3/h7-12,16-21,25-26,28-31,33-35,38-39,42,52,56-59,61,65-66H,4-6,13-15,22-24,27,32,36-37,40-41,43-51H2,1-3H3,(H,67,68)/b10-7-,11-8-,12-9-,19-16-,20-17-,21-18-,26-25-,31-28-,33-29-,34-30-,38-35-,42-39-. The number of aliphatic carboxylic acids is 1. The molecule has 1 saturated heterocycles. The fourth-order valence-electron chi connectivity index (χ4n) is 6.90. The van der Waals surface area contributed by atoms with Crippen molar-refractivity contribution in [2.75, 3.05) is 13.2 Å². The van der Waals surface area contributed by atoms with Crippen LogP contribution in [0.4, 0.5) is 0 Å². The van der Waals surface area contributed by atoms with E-state index in [1.54, 1.807) is 0 Å². The number of ether oxygens (including phenoxy) is 5. The van der Waals surface area contributed by atoms with Crippen LogP contribution in [0.25, 0.3) is 0 Å². The van der Waals surface area contributed by atoms with Crippen LogP contribution in [0.2, 0.25) is 0 Å². The average molecular weight is 1020 g/mol. The molecule has 12 heteroatoms. The van der Waals surface area contributed by atoms with Gasteiger partial charge in [0.05, 0.1) is 6.61 Å². The van der Waals surface area contributed by atoms with E-state index >= 15 is 0 Å². The topological polar surface area (TPSA) is 175 Å². The molecule has 406 valence electrons. The van der Waals surface area contributed by atoms with E-state index in [-0.39, 0.29) is 25.9 Å². The fraction of sp³-hybridized carbons (Fsp3) is 0.541. The third-order valence-electron chi connectivity index (χ3n) is 10.9. The molecule has 0 radical (unpaired) electrons. The summed E-state index contributed by atoms with van der Waals surface area (Å²) in [6.45, 7) is 5.47. The van der Waals surface area contributed by atoms with Gasteiger partial charge < -0.3 is 39.0 Å². The summed E-state index contributed by atoms with van der Waals surface area (Å²) in [6.07, 6.45) is 55.7. The van der Waals surface area contributed by atoms with Crippen LogP contribution < -0.4 is 0 Å².